The lowest BCUT2D eigenvalue weighted by Crippen LogP contribution is -2.41. The highest BCUT2D eigenvalue weighted by Gasteiger charge is 2.19. The highest BCUT2D eigenvalue weighted by molar-refractivity contribution is 5.78. The summed E-state index contributed by atoms with van der Waals surface area (Å²) in [7, 11) is 0. The summed E-state index contributed by atoms with van der Waals surface area (Å²) in [5, 5.41) is 12.8. The molecule has 1 unspecified atom stereocenters. The minimum absolute atomic E-state index is 0.142. The largest absolute Gasteiger partial charge is 0.508 e. The molecule has 20 heavy (non-hydrogen) atoms. The molecule has 0 bridgehead atoms. The predicted octanol–water partition coefficient (Wildman–Crippen LogP) is 1.78. The van der Waals surface area contributed by atoms with Gasteiger partial charge in [-0.25, -0.2) is 0 Å². The van der Waals surface area contributed by atoms with Gasteiger partial charge in [0.15, 0.2) is 0 Å². The zero-order valence-corrected chi connectivity index (χ0v) is 12.1. The van der Waals surface area contributed by atoms with Crippen LogP contribution in [0.2, 0.25) is 0 Å². The van der Waals surface area contributed by atoms with Crippen LogP contribution in [0.5, 0.6) is 5.75 Å². The Kier molecular flexibility index (Phi) is 5.41. The lowest BCUT2D eigenvalue weighted by atomic mass is 9.98. The van der Waals surface area contributed by atoms with Crippen molar-refractivity contribution in [2.45, 2.75) is 26.2 Å². The molecule has 1 aliphatic rings. The van der Waals surface area contributed by atoms with Gasteiger partial charge < -0.3 is 15.3 Å². The number of nitrogens with one attached hydrogen (secondary N) is 1. The number of hydrogen-bond donors (Lipinski definition) is 2. The molecule has 0 radical (unpaired) electrons. The van der Waals surface area contributed by atoms with Gasteiger partial charge in [-0.2, -0.15) is 0 Å². The summed E-state index contributed by atoms with van der Waals surface area (Å²) in [6, 6.07) is 6.94. The molecule has 0 aliphatic carbocycles. The van der Waals surface area contributed by atoms with Gasteiger partial charge in [0.2, 0.25) is 5.91 Å². The van der Waals surface area contributed by atoms with Crippen molar-refractivity contribution in [1.82, 2.24) is 10.2 Å². The van der Waals surface area contributed by atoms with Gasteiger partial charge in [-0.05, 0) is 56.5 Å². The Morgan fingerprint density at radius 2 is 2.35 bits per heavy atom. The zero-order chi connectivity index (χ0) is 14.4. The molecule has 1 aliphatic heterocycles. The number of phenols is 1. The van der Waals surface area contributed by atoms with Crippen LogP contribution in [0.3, 0.4) is 0 Å². The Balaban J connectivity index is 1.91. The molecule has 4 heteroatoms. The molecule has 0 saturated carbocycles. The van der Waals surface area contributed by atoms with Gasteiger partial charge in [0, 0.05) is 13.1 Å². The molecule has 1 saturated heterocycles. The number of benzene rings is 1. The zero-order valence-electron chi connectivity index (χ0n) is 12.1. The Labute approximate surface area is 120 Å². The fourth-order valence-electron chi connectivity index (χ4n) is 2.75. The smallest absolute Gasteiger partial charge is 0.226 e. The molecule has 110 valence electrons. The van der Waals surface area contributed by atoms with Crippen molar-refractivity contribution in [1.29, 1.82) is 0 Å². The third-order valence-corrected chi connectivity index (χ3v) is 3.88. The third kappa shape index (κ3) is 4.23. The molecule has 1 aromatic carbocycles. The van der Waals surface area contributed by atoms with E-state index in [1.165, 1.54) is 12.8 Å². The first-order valence-electron chi connectivity index (χ1n) is 7.45. The van der Waals surface area contributed by atoms with Crippen molar-refractivity contribution in [2.24, 2.45) is 5.92 Å². The SMILES string of the molecule is CCN(CC1CCCNC1)C(=O)Cc1cccc(O)c1. The summed E-state index contributed by atoms with van der Waals surface area (Å²) >= 11 is 0. The molecular weight excluding hydrogens is 252 g/mol. The van der Waals surface area contributed by atoms with Crippen LogP contribution in [0, 0.1) is 5.92 Å². The quantitative estimate of drug-likeness (QED) is 0.862. The van der Waals surface area contributed by atoms with E-state index < -0.39 is 0 Å². The topological polar surface area (TPSA) is 52.6 Å². The van der Waals surface area contributed by atoms with Crippen molar-refractivity contribution < 1.29 is 9.90 Å². The van der Waals surface area contributed by atoms with E-state index >= 15 is 0 Å². The number of hydrogen-bond acceptors (Lipinski definition) is 3. The number of rotatable bonds is 5. The second kappa shape index (κ2) is 7.29. The number of likely N-dealkylation sites (N-methyl/N-ethyl adjacent to an activating group) is 1. The lowest BCUT2D eigenvalue weighted by Gasteiger charge is -2.29. The molecule has 1 atom stereocenters. The fraction of sp³-hybridized carbons (Fsp3) is 0.562. The fourth-order valence-corrected chi connectivity index (χ4v) is 2.75. The normalized spacial score (nSPS) is 18.8. The first-order valence-corrected chi connectivity index (χ1v) is 7.45. The number of carbonyl (C=O) groups excluding carboxylic acids is 1. The number of piperidine rings is 1. The van der Waals surface area contributed by atoms with Crippen LogP contribution in [-0.2, 0) is 11.2 Å². The minimum Gasteiger partial charge on any atom is -0.508 e. The molecule has 1 aromatic rings. The van der Waals surface area contributed by atoms with Crippen LogP contribution in [-0.4, -0.2) is 42.1 Å². The summed E-state index contributed by atoms with van der Waals surface area (Å²) in [5.41, 5.74) is 0.871. The summed E-state index contributed by atoms with van der Waals surface area (Å²) in [4.78, 5) is 14.3. The second-order valence-corrected chi connectivity index (χ2v) is 5.49. The first-order chi connectivity index (χ1) is 9.69. The maximum atomic E-state index is 12.4. The maximum Gasteiger partial charge on any atom is 0.226 e. The van der Waals surface area contributed by atoms with Crippen molar-refractivity contribution >= 4 is 5.91 Å². The van der Waals surface area contributed by atoms with E-state index in [2.05, 4.69) is 5.32 Å². The number of carbonyl (C=O) groups is 1. The Morgan fingerprint density at radius 3 is 3.00 bits per heavy atom. The van der Waals surface area contributed by atoms with Crippen LogP contribution in [0.25, 0.3) is 0 Å². The standard InChI is InChI=1S/C16H24N2O2/c1-2-18(12-14-6-4-8-17-11-14)16(20)10-13-5-3-7-15(19)9-13/h3,5,7,9,14,17,19H,2,4,6,8,10-12H2,1H3. The van der Waals surface area contributed by atoms with E-state index in [0.29, 0.717) is 12.3 Å². The average molecular weight is 276 g/mol. The van der Waals surface area contributed by atoms with E-state index in [9.17, 15) is 9.90 Å². The van der Waals surface area contributed by atoms with Crippen LogP contribution in [0.4, 0.5) is 0 Å². The molecule has 1 heterocycles. The van der Waals surface area contributed by atoms with Gasteiger partial charge in [-0.1, -0.05) is 12.1 Å². The van der Waals surface area contributed by atoms with E-state index in [1.54, 1.807) is 18.2 Å². The van der Waals surface area contributed by atoms with Crippen LogP contribution >= 0.6 is 0 Å². The van der Waals surface area contributed by atoms with E-state index in [0.717, 1.165) is 31.7 Å². The lowest BCUT2D eigenvalue weighted by molar-refractivity contribution is -0.131. The first kappa shape index (κ1) is 14.9. The molecule has 1 fully saturated rings. The molecule has 1 amide bonds. The minimum atomic E-state index is 0.142. The summed E-state index contributed by atoms with van der Waals surface area (Å²) in [5.74, 6) is 0.926. The molecule has 2 rings (SSSR count). The van der Waals surface area contributed by atoms with Crippen molar-refractivity contribution in [3.05, 3.63) is 29.8 Å². The number of phenolic OH excluding ortho intramolecular Hbond substituents is 1. The van der Waals surface area contributed by atoms with Crippen molar-refractivity contribution in [3.8, 4) is 5.75 Å². The second-order valence-electron chi connectivity index (χ2n) is 5.49. The molecule has 2 N–H and O–H groups in total. The van der Waals surface area contributed by atoms with Crippen LogP contribution in [0.15, 0.2) is 24.3 Å². The number of aromatic hydroxyl groups is 1. The monoisotopic (exact) mass is 276 g/mol. The summed E-state index contributed by atoms with van der Waals surface area (Å²) in [6.07, 6.45) is 2.76. The maximum absolute atomic E-state index is 12.4. The predicted molar refractivity (Wildman–Crippen MR) is 79.7 cm³/mol. The van der Waals surface area contributed by atoms with Crippen molar-refractivity contribution in [2.75, 3.05) is 26.2 Å². The molecule has 0 spiro atoms. The van der Waals surface area contributed by atoms with E-state index in [-0.39, 0.29) is 11.7 Å². The Morgan fingerprint density at radius 1 is 1.50 bits per heavy atom. The Hall–Kier alpha value is -1.55. The van der Waals surface area contributed by atoms with Gasteiger partial charge in [0.05, 0.1) is 6.42 Å². The molecule has 4 nitrogen and oxygen atoms in total. The van der Waals surface area contributed by atoms with E-state index in [1.807, 2.05) is 17.9 Å². The average Bonchev–Trinajstić information content (AvgIpc) is 2.45. The van der Waals surface area contributed by atoms with Gasteiger partial charge in [0.1, 0.15) is 5.75 Å². The highest BCUT2D eigenvalue weighted by atomic mass is 16.3. The summed E-state index contributed by atoms with van der Waals surface area (Å²) in [6.45, 7) is 5.71. The third-order valence-electron chi connectivity index (χ3n) is 3.88. The van der Waals surface area contributed by atoms with Gasteiger partial charge in [-0.15, -0.1) is 0 Å². The van der Waals surface area contributed by atoms with Gasteiger partial charge in [-0.3, -0.25) is 4.79 Å². The molecular formula is C16H24N2O2. The van der Waals surface area contributed by atoms with Crippen LogP contribution in [0.1, 0.15) is 25.3 Å². The van der Waals surface area contributed by atoms with Gasteiger partial charge in [0.25, 0.3) is 0 Å². The number of nitrogens with zero attached hydrogens (tertiary/aromatic N) is 1. The van der Waals surface area contributed by atoms with Gasteiger partial charge >= 0.3 is 0 Å². The number of amides is 1. The van der Waals surface area contributed by atoms with Crippen molar-refractivity contribution in [3.63, 3.8) is 0 Å². The summed E-state index contributed by atoms with van der Waals surface area (Å²) < 4.78 is 0. The molecule has 0 aromatic heterocycles. The van der Waals surface area contributed by atoms with E-state index in [4.69, 9.17) is 0 Å². The van der Waals surface area contributed by atoms with Crippen LogP contribution < -0.4 is 5.32 Å². The Bertz CT molecular complexity index is 442. The highest BCUT2D eigenvalue weighted by Crippen LogP contribution is 2.15.